The Balaban J connectivity index is 3.48. The highest BCUT2D eigenvalue weighted by Crippen LogP contribution is 2.26. The van der Waals surface area contributed by atoms with Gasteiger partial charge in [-0.05, 0) is 11.8 Å². The van der Waals surface area contributed by atoms with E-state index in [-0.39, 0.29) is 5.41 Å². The molecule has 0 aromatic heterocycles. The molecule has 64 valence electrons. The Morgan fingerprint density at radius 3 is 2.36 bits per heavy atom. The third kappa shape index (κ3) is 5.91. The molecule has 0 saturated heterocycles. The maximum atomic E-state index is 8.51. The molecule has 0 radical (unpaired) electrons. The predicted molar refractivity (Wildman–Crippen MR) is 48.2 cm³/mol. The zero-order valence-corrected chi connectivity index (χ0v) is 7.98. The Labute approximate surface area is 70.4 Å². The van der Waals surface area contributed by atoms with E-state index in [4.69, 9.17) is 5.26 Å². The second-order valence-electron chi connectivity index (χ2n) is 3.96. The molecule has 0 aromatic carbocycles. The van der Waals surface area contributed by atoms with E-state index in [1.165, 1.54) is 25.7 Å². The Hall–Kier alpha value is -0.510. The number of rotatable bonds is 5. The van der Waals surface area contributed by atoms with Gasteiger partial charge in [-0.2, -0.15) is 5.26 Å². The molecule has 0 spiro atoms. The molecule has 0 aromatic rings. The number of hydrogen-bond acceptors (Lipinski definition) is 1. The summed E-state index contributed by atoms with van der Waals surface area (Å²) in [6, 6.07) is 2.23. The first-order valence-electron chi connectivity index (χ1n) is 4.49. The van der Waals surface area contributed by atoms with E-state index in [0.29, 0.717) is 6.42 Å². The minimum atomic E-state index is 0.240. The first-order valence-corrected chi connectivity index (χ1v) is 4.49. The topological polar surface area (TPSA) is 23.8 Å². The fraction of sp³-hybridized carbons (Fsp3) is 0.900. The molecule has 0 aliphatic heterocycles. The molecule has 0 amide bonds. The first kappa shape index (κ1) is 10.5. The normalized spacial score (nSPS) is 11.1. The van der Waals surface area contributed by atoms with Crippen LogP contribution in [0, 0.1) is 16.7 Å². The van der Waals surface area contributed by atoms with Crippen LogP contribution in [0.2, 0.25) is 0 Å². The zero-order valence-electron chi connectivity index (χ0n) is 7.98. The van der Waals surface area contributed by atoms with E-state index in [1.54, 1.807) is 0 Å². The molecule has 0 bridgehead atoms. The van der Waals surface area contributed by atoms with Gasteiger partial charge in [-0.3, -0.25) is 0 Å². The summed E-state index contributed by atoms with van der Waals surface area (Å²) in [5, 5.41) is 8.51. The lowest BCUT2D eigenvalue weighted by Gasteiger charge is -2.20. The van der Waals surface area contributed by atoms with Crippen molar-refractivity contribution in [3.8, 4) is 6.07 Å². The van der Waals surface area contributed by atoms with Crippen molar-refractivity contribution in [1.82, 2.24) is 0 Å². The number of nitrogens with zero attached hydrogens (tertiary/aromatic N) is 1. The monoisotopic (exact) mass is 153 g/mol. The highest BCUT2D eigenvalue weighted by molar-refractivity contribution is 4.81. The van der Waals surface area contributed by atoms with Crippen molar-refractivity contribution in [1.29, 1.82) is 5.26 Å². The van der Waals surface area contributed by atoms with Crippen molar-refractivity contribution >= 4 is 0 Å². The lowest BCUT2D eigenvalue weighted by Crippen LogP contribution is -2.09. The third-order valence-electron chi connectivity index (χ3n) is 2.01. The van der Waals surface area contributed by atoms with Crippen LogP contribution in [-0.2, 0) is 0 Å². The van der Waals surface area contributed by atoms with Gasteiger partial charge in [0.15, 0.2) is 0 Å². The molecule has 11 heavy (non-hydrogen) atoms. The van der Waals surface area contributed by atoms with Gasteiger partial charge in [-0.25, -0.2) is 0 Å². The van der Waals surface area contributed by atoms with Crippen molar-refractivity contribution in [2.24, 2.45) is 5.41 Å². The second kappa shape index (κ2) is 5.18. The van der Waals surface area contributed by atoms with Crippen molar-refractivity contribution in [3.63, 3.8) is 0 Å². The summed E-state index contributed by atoms with van der Waals surface area (Å²) in [6.07, 6.45) is 5.72. The van der Waals surface area contributed by atoms with E-state index in [1.807, 2.05) is 0 Å². The zero-order chi connectivity index (χ0) is 8.74. The van der Waals surface area contributed by atoms with Gasteiger partial charge >= 0.3 is 0 Å². The largest absolute Gasteiger partial charge is 0.198 e. The van der Waals surface area contributed by atoms with Crippen LogP contribution >= 0.6 is 0 Å². The highest BCUT2D eigenvalue weighted by Gasteiger charge is 2.15. The lowest BCUT2D eigenvalue weighted by atomic mass is 9.84. The Kier molecular flexibility index (Phi) is 4.94. The van der Waals surface area contributed by atoms with E-state index in [2.05, 4.69) is 26.8 Å². The highest BCUT2D eigenvalue weighted by atomic mass is 14.3. The van der Waals surface area contributed by atoms with Gasteiger partial charge in [0.05, 0.1) is 6.07 Å². The van der Waals surface area contributed by atoms with Gasteiger partial charge in [-0.15, -0.1) is 0 Å². The quantitative estimate of drug-likeness (QED) is 0.554. The van der Waals surface area contributed by atoms with E-state index in [9.17, 15) is 0 Å². The van der Waals surface area contributed by atoms with Crippen molar-refractivity contribution < 1.29 is 0 Å². The molecule has 0 heterocycles. The van der Waals surface area contributed by atoms with Gasteiger partial charge < -0.3 is 0 Å². The average Bonchev–Trinajstić information content (AvgIpc) is 1.87. The van der Waals surface area contributed by atoms with E-state index >= 15 is 0 Å². The summed E-state index contributed by atoms with van der Waals surface area (Å²) in [5.41, 5.74) is 0.240. The molecule has 0 unspecified atom stereocenters. The van der Waals surface area contributed by atoms with Crippen molar-refractivity contribution in [2.75, 3.05) is 0 Å². The van der Waals surface area contributed by atoms with Gasteiger partial charge in [0.1, 0.15) is 0 Å². The average molecular weight is 153 g/mol. The number of hydrogen-bond donors (Lipinski definition) is 0. The van der Waals surface area contributed by atoms with Crippen molar-refractivity contribution in [3.05, 3.63) is 0 Å². The summed E-state index contributed by atoms with van der Waals surface area (Å²) in [5.74, 6) is 0. The van der Waals surface area contributed by atoms with E-state index < -0.39 is 0 Å². The number of unbranched alkanes of at least 4 members (excludes halogenated alkanes) is 2. The predicted octanol–water partition coefficient (Wildman–Crippen LogP) is 3.51. The van der Waals surface area contributed by atoms with Crippen LogP contribution < -0.4 is 0 Å². The maximum Gasteiger partial charge on any atom is 0.0627 e. The third-order valence-corrected chi connectivity index (χ3v) is 2.01. The molecule has 0 aliphatic carbocycles. The molecule has 1 heteroatoms. The Morgan fingerprint density at radius 2 is 1.91 bits per heavy atom. The second-order valence-corrected chi connectivity index (χ2v) is 3.96. The summed E-state index contributed by atoms with van der Waals surface area (Å²) < 4.78 is 0. The van der Waals surface area contributed by atoms with Crippen LogP contribution in [0.3, 0.4) is 0 Å². The van der Waals surface area contributed by atoms with Gasteiger partial charge in [-0.1, -0.05) is 40.0 Å². The Bertz CT molecular complexity index is 130. The van der Waals surface area contributed by atoms with Crippen LogP contribution in [0.4, 0.5) is 0 Å². The standard InChI is InChI=1S/C10H19N/c1-4-5-6-7-10(2,3)8-9-11/h4-8H2,1-3H3. The van der Waals surface area contributed by atoms with Crippen LogP contribution in [0.1, 0.15) is 52.9 Å². The molecular weight excluding hydrogens is 134 g/mol. The van der Waals surface area contributed by atoms with Crippen LogP contribution in [0.15, 0.2) is 0 Å². The molecule has 0 rings (SSSR count). The first-order chi connectivity index (χ1) is 5.12. The van der Waals surface area contributed by atoms with Crippen LogP contribution in [0.25, 0.3) is 0 Å². The van der Waals surface area contributed by atoms with Crippen LogP contribution in [-0.4, -0.2) is 0 Å². The molecule has 0 saturated carbocycles. The summed E-state index contributed by atoms with van der Waals surface area (Å²) in [4.78, 5) is 0. The Morgan fingerprint density at radius 1 is 1.27 bits per heavy atom. The smallest absolute Gasteiger partial charge is 0.0627 e. The SMILES string of the molecule is CCCCCC(C)(C)CC#N. The summed E-state index contributed by atoms with van der Waals surface area (Å²) in [7, 11) is 0. The minimum Gasteiger partial charge on any atom is -0.198 e. The minimum absolute atomic E-state index is 0.240. The molecular formula is C10H19N. The van der Waals surface area contributed by atoms with Crippen LogP contribution in [0.5, 0.6) is 0 Å². The fourth-order valence-electron chi connectivity index (χ4n) is 1.16. The van der Waals surface area contributed by atoms with Gasteiger partial charge in [0, 0.05) is 6.42 Å². The molecule has 0 atom stereocenters. The number of nitriles is 1. The lowest BCUT2D eigenvalue weighted by molar-refractivity contribution is 0.328. The van der Waals surface area contributed by atoms with Crippen molar-refractivity contribution in [2.45, 2.75) is 52.9 Å². The molecule has 0 fully saturated rings. The maximum absolute atomic E-state index is 8.51. The molecule has 0 aliphatic rings. The van der Waals surface area contributed by atoms with Gasteiger partial charge in [0.2, 0.25) is 0 Å². The fourth-order valence-corrected chi connectivity index (χ4v) is 1.16. The summed E-state index contributed by atoms with van der Waals surface area (Å²) in [6.45, 7) is 6.55. The summed E-state index contributed by atoms with van der Waals surface area (Å²) >= 11 is 0. The van der Waals surface area contributed by atoms with E-state index in [0.717, 1.165) is 0 Å². The van der Waals surface area contributed by atoms with Gasteiger partial charge in [0.25, 0.3) is 0 Å². The molecule has 1 nitrogen and oxygen atoms in total. The molecule has 0 N–H and O–H groups in total.